The number of sulfone groups is 1. The van der Waals surface area contributed by atoms with Crippen molar-refractivity contribution in [3.05, 3.63) is 95.1 Å². The number of anilines is 1. The molecule has 1 aliphatic rings. The van der Waals surface area contributed by atoms with Crippen LogP contribution in [0, 0.1) is 0 Å². The Labute approximate surface area is 258 Å². The van der Waals surface area contributed by atoms with E-state index < -0.39 is 53.0 Å². The lowest BCUT2D eigenvalue weighted by Gasteiger charge is -2.27. The molecule has 3 aromatic carbocycles. The highest BCUT2D eigenvalue weighted by Crippen LogP contribution is 2.37. The van der Waals surface area contributed by atoms with Crippen LogP contribution in [0.15, 0.2) is 77.7 Å². The molecule has 3 aromatic rings. The summed E-state index contributed by atoms with van der Waals surface area (Å²) >= 11 is 0. The van der Waals surface area contributed by atoms with E-state index in [1.807, 2.05) is 4.90 Å². The Kier molecular flexibility index (Phi) is 11.2. The maximum absolute atomic E-state index is 13.1. The van der Waals surface area contributed by atoms with Crippen molar-refractivity contribution in [1.82, 2.24) is 5.32 Å². The minimum absolute atomic E-state index is 0.0534. The summed E-state index contributed by atoms with van der Waals surface area (Å²) in [6, 6.07) is 16.5. The number of aliphatic hydroxyl groups is 1. The third-order valence-electron chi connectivity index (χ3n) is 7.89. The van der Waals surface area contributed by atoms with Crippen molar-refractivity contribution in [2.45, 2.75) is 55.3 Å². The van der Waals surface area contributed by atoms with E-state index in [9.17, 15) is 40.3 Å². The van der Waals surface area contributed by atoms with Gasteiger partial charge < -0.3 is 20.1 Å². The lowest BCUT2D eigenvalue weighted by atomic mass is 9.95. The summed E-state index contributed by atoms with van der Waals surface area (Å²) in [5.41, 5.74) is 1.51. The van der Waals surface area contributed by atoms with Gasteiger partial charge in [-0.3, -0.25) is 4.79 Å². The van der Waals surface area contributed by atoms with E-state index in [1.54, 1.807) is 24.3 Å². The molecular weight excluding hydrogens is 619 g/mol. The van der Waals surface area contributed by atoms with Crippen LogP contribution in [0.2, 0.25) is 0 Å². The minimum atomic E-state index is -4.45. The Morgan fingerprint density at radius 1 is 1.02 bits per heavy atom. The SMILES string of the molecule is CCS(=O)(=O)c1ccc([C@H](CO)NC(=O)c2ccc(N3CC(c4ccc(C(F)(F)F)cc4)C[C@H]3COCCC(F)F)cc2)cc1. The second-order valence-corrected chi connectivity index (χ2v) is 13.1. The summed E-state index contributed by atoms with van der Waals surface area (Å²) in [6.07, 6.45) is -6.83. The lowest BCUT2D eigenvalue weighted by Crippen LogP contribution is -2.33. The zero-order chi connectivity index (χ0) is 32.8. The number of halogens is 5. The van der Waals surface area contributed by atoms with Crippen LogP contribution in [-0.2, 0) is 20.8 Å². The fourth-order valence-corrected chi connectivity index (χ4v) is 6.21. The Hall–Kier alpha value is -3.55. The number of amides is 1. The highest BCUT2D eigenvalue weighted by Gasteiger charge is 2.35. The highest BCUT2D eigenvalue weighted by atomic mass is 32.2. The van der Waals surface area contributed by atoms with Gasteiger partial charge in [0.1, 0.15) is 0 Å². The zero-order valence-electron chi connectivity index (χ0n) is 24.5. The molecule has 1 aliphatic heterocycles. The Balaban J connectivity index is 1.47. The van der Waals surface area contributed by atoms with Crippen molar-refractivity contribution in [2.24, 2.45) is 0 Å². The quantitative estimate of drug-likeness (QED) is 0.174. The summed E-state index contributed by atoms with van der Waals surface area (Å²) in [7, 11) is -3.40. The molecule has 244 valence electrons. The fraction of sp³-hybridized carbons (Fsp3) is 0.406. The summed E-state index contributed by atoms with van der Waals surface area (Å²) in [4.78, 5) is 15.2. The van der Waals surface area contributed by atoms with Crippen molar-refractivity contribution >= 4 is 21.4 Å². The van der Waals surface area contributed by atoms with Gasteiger partial charge in [0, 0.05) is 30.1 Å². The molecule has 13 heteroatoms. The van der Waals surface area contributed by atoms with E-state index in [1.165, 1.54) is 43.3 Å². The minimum Gasteiger partial charge on any atom is -0.394 e. The average Bonchev–Trinajstić information content (AvgIpc) is 3.45. The molecule has 0 bridgehead atoms. The summed E-state index contributed by atoms with van der Waals surface area (Å²) in [5.74, 6) is -0.660. The van der Waals surface area contributed by atoms with Gasteiger partial charge in [-0.25, -0.2) is 17.2 Å². The standard InChI is InChI=1S/C32H35F5N2O5S/c1-2-45(42,43)28-13-7-22(8-14-28)29(19-40)38-31(41)23-5-11-26(12-6-23)39-18-24(17-27(39)20-44-16-15-30(33)34)21-3-9-25(10-4-21)32(35,36)37/h3-14,24,27,29-30,40H,2,15-20H2,1H3,(H,38,41)/t24?,27-,29-/m0/s1. The second kappa shape index (κ2) is 14.7. The van der Waals surface area contributed by atoms with E-state index >= 15 is 0 Å². The van der Waals surface area contributed by atoms with E-state index in [0.717, 1.165) is 23.4 Å². The molecule has 0 spiro atoms. The third kappa shape index (κ3) is 8.80. The van der Waals surface area contributed by atoms with Crippen LogP contribution in [0.25, 0.3) is 0 Å². The topological polar surface area (TPSA) is 95.9 Å². The van der Waals surface area contributed by atoms with Crippen LogP contribution in [0.1, 0.15) is 58.8 Å². The molecule has 0 aliphatic carbocycles. The van der Waals surface area contributed by atoms with Gasteiger partial charge in [-0.15, -0.1) is 0 Å². The van der Waals surface area contributed by atoms with Crippen molar-refractivity contribution in [3.8, 4) is 0 Å². The molecule has 4 rings (SSSR count). The maximum Gasteiger partial charge on any atom is 0.416 e. The average molecular weight is 655 g/mol. The molecule has 1 unspecified atom stereocenters. The van der Waals surface area contributed by atoms with Gasteiger partial charge in [0.15, 0.2) is 9.84 Å². The van der Waals surface area contributed by atoms with Gasteiger partial charge in [0.25, 0.3) is 5.91 Å². The van der Waals surface area contributed by atoms with Crippen LogP contribution in [0.3, 0.4) is 0 Å². The van der Waals surface area contributed by atoms with E-state index in [4.69, 9.17) is 4.74 Å². The number of aliphatic hydroxyl groups excluding tert-OH is 1. The lowest BCUT2D eigenvalue weighted by molar-refractivity contribution is -0.137. The van der Waals surface area contributed by atoms with Gasteiger partial charge in [0.05, 0.1) is 48.1 Å². The molecule has 7 nitrogen and oxygen atoms in total. The van der Waals surface area contributed by atoms with Crippen molar-refractivity contribution in [2.75, 3.05) is 37.0 Å². The number of benzene rings is 3. The smallest absolute Gasteiger partial charge is 0.394 e. The fourth-order valence-electron chi connectivity index (χ4n) is 5.32. The van der Waals surface area contributed by atoms with Gasteiger partial charge in [-0.1, -0.05) is 31.2 Å². The molecule has 1 amide bonds. The van der Waals surface area contributed by atoms with E-state index in [-0.39, 0.29) is 35.8 Å². The number of carbonyl (C=O) groups is 1. The number of nitrogens with one attached hydrogen (secondary N) is 1. The number of ether oxygens (including phenoxy) is 1. The Morgan fingerprint density at radius 3 is 2.22 bits per heavy atom. The number of alkyl halides is 5. The zero-order valence-corrected chi connectivity index (χ0v) is 25.3. The molecule has 3 atom stereocenters. The molecule has 2 N–H and O–H groups in total. The molecule has 1 heterocycles. The van der Waals surface area contributed by atoms with Crippen molar-refractivity contribution in [1.29, 1.82) is 0 Å². The molecular formula is C32H35F5N2O5S. The van der Waals surface area contributed by atoms with Gasteiger partial charge >= 0.3 is 6.18 Å². The van der Waals surface area contributed by atoms with Gasteiger partial charge in [-0.2, -0.15) is 13.2 Å². The number of carbonyl (C=O) groups excluding carboxylic acids is 1. The largest absolute Gasteiger partial charge is 0.416 e. The van der Waals surface area contributed by atoms with Crippen molar-refractivity contribution < 1.29 is 45.0 Å². The van der Waals surface area contributed by atoms with Gasteiger partial charge in [-0.05, 0) is 66.1 Å². The predicted octanol–water partition coefficient (Wildman–Crippen LogP) is 6.00. The first-order valence-corrected chi connectivity index (χ1v) is 16.1. The van der Waals surface area contributed by atoms with Crippen LogP contribution in [0.4, 0.5) is 27.6 Å². The molecule has 1 fully saturated rings. The molecule has 45 heavy (non-hydrogen) atoms. The van der Waals surface area contributed by atoms with E-state index in [0.29, 0.717) is 24.1 Å². The highest BCUT2D eigenvalue weighted by molar-refractivity contribution is 7.91. The monoisotopic (exact) mass is 654 g/mol. The van der Waals surface area contributed by atoms with Crippen molar-refractivity contribution in [3.63, 3.8) is 0 Å². The molecule has 0 aromatic heterocycles. The predicted molar refractivity (Wildman–Crippen MR) is 159 cm³/mol. The number of hydrogen-bond acceptors (Lipinski definition) is 6. The van der Waals surface area contributed by atoms with E-state index in [2.05, 4.69) is 5.32 Å². The molecule has 0 saturated carbocycles. The van der Waals surface area contributed by atoms with Crippen LogP contribution >= 0.6 is 0 Å². The first-order chi connectivity index (χ1) is 21.3. The normalized spacial score (nSPS) is 17.9. The van der Waals surface area contributed by atoms with Crippen LogP contribution < -0.4 is 10.2 Å². The Morgan fingerprint density at radius 2 is 1.67 bits per heavy atom. The number of nitrogens with zero attached hydrogens (tertiary/aromatic N) is 1. The summed E-state index contributed by atoms with van der Waals surface area (Å²) < 4.78 is 94.1. The second-order valence-electron chi connectivity index (χ2n) is 10.8. The van der Waals surface area contributed by atoms with Crippen LogP contribution in [0.5, 0.6) is 0 Å². The van der Waals surface area contributed by atoms with Gasteiger partial charge in [0.2, 0.25) is 6.43 Å². The first-order valence-electron chi connectivity index (χ1n) is 14.5. The maximum atomic E-state index is 13.1. The third-order valence-corrected chi connectivity index (χ3v) is 9.64. The van der Waals surface area contributed by atoms with Crippen LogP contribution in [-0.4, -0.2) is 64.0 Å². The summed E-state index contributed by atoms with van der Waals surface area (Å²) in [6.45, 7) is 1.57. The first kappa shape index (κ1) is 34.3. The number of hydrogen-bond donors (Lipinski definition) is 2. The molecule has 0 radical (unpaired) electrons. The molecule has 1 saturated heterocycles. The number of rotatable bonds is 13. The summed E-state index contributed by atoms with van der Waals surface area (Å²) in [5, 5.41) is 12.7. The Bertz CT molecular complexity index is 1520.